The Morgan fingerprint density at radius 2 is 1.66 bits per heavy atom. The highest BCUT2D eigenvalue weighted by Crippen LogP contribution is 2.27. The number of hydrogen-bond acceptors (Lipinski definition) is 7. The van der Waals surface area contributed by atoms with Crippen molar-refractivity contribution >= 4 is 34.4 Å². The van der Waals surface area contributed by atoms with Gasteiger partial charge in [-0.3, -0.25) is 9.59 Å². The van der Waals surface area contributed by atoms with E-state index in [9.17, 15) is 23.9 Å². The minimum atomic E-state index is -0.980. The molecule has 2 aliphatic rings. The number of aromatic hydroxyl groups is 1. The second kappa shape index (κ2) is 13.9. The number of benzene rings is 2. The number of halogens is 2. The number of rotatable bonds is 5. The summed E-state index contributed by atoms with van der Waals surface area (Å²) in [4.78, 5) is 34.2. The van der Waals surface area contributed by atoms with Crippen molar-refractivity contribution in [3.8, 4) is 5.75 Å². The summed E-state index contributed by atoms with van der Waals surface area (Å²) in [6.45, 7) is 3.66. The van der Waals surface area contributed by atoms with Crippen molar-refractivity contribution in [2.45, 2.75) is 38.5 Å². The standard InChI is InChI=1S/C19H16FNO4.C6H10O2.C2H3ClO2/c1-2-25-19(24)16-17(22)14-5-3-4-6-15(14)21(18(16)23)11-12-7-9-13(20)10-8-12;1-3-7-6-2-4-8-5(1)6;3-1-2(4)5/h3-10,22H,2,11H2,1H3;5-6H,1-4H2;1H2,(H,4,5)/t;5-,6-;/m.1./s1. The van der Waals surface area contributed by atoms with Gasteiger partial charge in [-0.05, 0) is 49.6 Å². The molecule has 2 aliphatic heterocycles. The average molecular weight is 550 g/mol. The van der Waals surface area contributed by atoms with Crippen LogP contribution in [0.15, 0.2) is 53.3 Å². The molecule has 2 fully saturated rings. The van der Waals surface area contributed by atoms with Gasteiger partial charge in [-0.15, -0.1) is 11.6 Å². The van der Waals surface area contributed by atoms with Crippen LogP contribution < -0.4 is 5.56 Å². The van der Waals surface area contributed by atoms with Gasteiger partial charge in [0.05, 0.1) is 30.9 Å². The second-order valence-corrected chi connectivity index (χ2v) is 8.67. The number of para-hydroxylation sites is 1. The van der Waals surface area contributed by atoms with E-state index in [4.69, 9.17) is 30.9 Å². The van der Waals surface area contributed by atoms with E-state index < -0.39 is 28.8 Å². The minimum absolute atomic E-state index is 0.0858. The van der Waals surface area contributed by atoms with Crippen LogP contribution in [0.4, 0.5) is 4.39 Å². The monoisotopic (exact) mass is 549 g/mol. The molecule has 0 unspecified atom stereocenters. The molecule has 3 aromatic rings. The number of pyridine rings is 1. The first kappa shape index (κ1) is 29.1. The third kappa shape index (κ3) is 7.31. The molecular formula is C27H29ClFNO8. The van der Waals surface area contributed by atoms with Crippen molar-refractivity contribution in [1.29, 1.82) is 0 Å². The molecule has 0 bridgehead atoms. The van der Waals surface area contributed by atoms with E-state index in [1.165, 1.54) is 16.7 Å². The zero-order chi connectivity index (χ0) is 27.7. The Hall–Kier alpha value is -3.47. The number of ether oxygens (including phenoxy) is 3. The van der Waals surface area contributed by atoms with Gasteiger partial charge in [-0.2, -0.15) is 0 Å². The summed E-state index contributed by atoms with van der Waals surface area (Å²) in [5.74, 6) is -2.93. The molecule has 204 valence electrons. The Kier molecular flexibility index (Phi) is 10.6. The molecule has 2 aromatic carbocycles. The summed E-state index contributed by atoms with van der Waals surface area (Å²) >= 11 is 4.74. The first-order valence-corrected chi connectivity index (χ1v) is 12.6. The summed E-state index contributed by atoms with van der Waals surface area (Å²) in [6.07, 6.45) is 3.14. The zero-order valence-electron chi connectivity index (χ0n) is 20.8. The van der Waals surface area contributed by atoms with Crippen molar-refractivity contribution in [1.82, 2.24) is 4.57 Å². The number of carbonyl (C=O) groups excluding carboxylic acids is 1. The molecule has 11 heteroatoms. The zero-order valence-corrected chi connectivity index (χ0v) is 21.5. The van der Waals surface area contributed by atoms with Crippen LogP contribution in [0.1, 0.15) is 35.7 Å². The Morgan fingerprint density at radius 1 is 1.08 bits per heavy atom. The predicted octanol–water partition coefficient (Wildman–Crippen LogP) is 3.95. The van der Waals surface area contributed by atoms with E-state index in [0.29, 0.717) is 28.7 Å². The largest absolute Gasteiger partial charge is 0.506 e. The lowest BCUT2D eigenvalue weighted by Gasteiger charge is -2.14. The highest BCUT2D eigenvalue weighted by Gasteiger charge is 2.33. The molecule has 2 atom stereocenters. The second-order valence-electron chi connectivity index (χ2n) is 8.40. The van der Waals surface area contributed by atoms with Crippen LogP contribution >= 0.6 is 11.6 Å². The SMILES string of the molecule is C1C[C@H]2OCC[C@H]2O1.CCOC(=O)c1c(O)c2ccccc2n(Cc2ccc(F)cc2)c1=O.O=C(O)CCl. The number of nitrogens with zero attached hydrogens (tertiary/aromatic N) is 1. The van der Waals surface area contributed by atoms with E-state index in [1.54, 1.807) is 43.3 Å². The number of fused-ring (bicyclic) bond motifs is 2. The smallest absolute Gasteiger partial charge is 0.347 e. The maximum absolute atomic E-state index is 13.1. The lowest BCUT2D eigenvalue weighted by Crippen LogP contribution is -2.28. The van der Waals surface area contributed by atoms with Crippen LogP contribution in [0.2, 0.25) is 0 Å². The molecule has 0 aliphatic carbocycles. The first-order chi connectivity index (χ1) is 18.3. The van der Waals surface area contributed by atoms with E-state index in [1.807, 2.05) is 0 Å². The van der Waals surface area contributed by atoms with Gasteiger partial charge in [0.25, 0.3) is 5.56 Å². The third-order valence-electron chi connectivity index (χ3n) is 5.88. The number of esters is 1. The van der Waals surface area contributed by atoms with Crippen molar-refractivity contribution in [3.05, 3.63) is 75.8 Å². The fourth-order valence-electron chi connectivity index (χ4n) is 4.13. The summed E-state index contributed by atoms with van der Waals surface area (Å²) in [7, 11) is 0. The quantitative estimate of drug-likeness (QED) is 0.362. The molecule has 5 rings (SSSR count). The number of alkyl halides is 1. The summed E-state index contributed by atoms with van der Waals surface area (Å²) in [6, 6.07) is 12.4. The van der Waals surface area contributed by atoms with Gasteiger partial charge < -0.3 is 29.0 Å². The van der Waals surface area contributed by atoms with Crippen LogP contribution in [0, 0.1) is 5.82 Å². The molecule has 0 spiro atoms. The molecule has 1 aromatic heterocycles. The number of carbonyl (C=O) groups is 2. The van der Waals surface area contributed by atoms with Gasteiger partial charge in [-0.25, -0.2) is 9.18 Å². The fourth-order valence-corrected chi connectivity index (χ4v) is 4.13. The summed E-state index contributed by atoms with van der Waals surface area (Å²) in [5, 5.41) is 18.3. The highest BCUT2D eigenvalue weighted by atomic mass is 35.5. The van der Waals surface area contributed by atoms with E-state index in [2.05, 4.69) is 0 Å². The van der Waals surface area contributed by atoms with Crippen molar-refractivity contribution in [2.75, 3.05) is 25.7 Å². The third-order valence-corrected chi connectivity index (χ3v) is 6.11. The van der Waals surface area contributed by atoms with Gasteiger partial charge in [0.1, 0.15) is 17.4 Å². The minimum Gasteiger partial charge on any atom is -0.506 e. The molecule has 38 heavy (non-hydrogen) atoms. The van der Waals surface area contributed by atoms with E-state index >= 15 is 0 Å². The number of carboxylic acids is 1. The van der Waals surface area contributed by atoms with Crippen LogP contribution in [-0.4, -0.2) is 64.6 Å². The van der Waals surface area contributed by atoms with Gasteiger partial charge in [0.2, 0.25) is 0 Å². The van der Waals surface area contributed by atoms with Crippen molar-refractivity contribution in [3.63, 3.8) is 0 Å². The highest BCUT2D eigenvalue weighted by molar-refractivity contribution is 6.26. The van der Waals surface area contributed by atoms with E-state index in [-0.39, 0.29) is 24.8 Å². The Labute approximate surface area is 223 Å². The van der Waals surface area contributed by atoms with Gasteiger partial charge in [-0.1, -0.05) is 24.3 Å². The summed E-state index contributed by atoms with van der Waals surface area (Å²) < 4.78 is 30.1. The Balaban J connectivity index is 0.000000250. The first-order valence-electron chi connectivity index (χ1n) is 12.0. The number of hydrogen-bond donors (Lipinski definition) is 2. The molecular weight excluding hydrogens is 521 g/mol. The summed E-state index contributed by atoms with van der Waals surface area (Å²) in [5.41, 5.74) is 0.109. The van der Waals surface area contributed by atoms with Gasteiger partial charge in [0.15, 0.2) is 5.56 Å². The van der Waals surface area contributed by atoms with Crippen molar-refractivity contribution in [2.24, 2.45) is 0 Å². The molecule has 2 saturated heterocycles. The van der Waals surface area contributed by atoms with E-state index in [0.717, 1.165) is 26.1 Å². The van der Waals surface area contributed by atoms with Gasteiger partial charge >= 0.3 is 11.9 Å². The molecule has 0 radical (unpaired) electrons. The topological polar surface area (TPSA) is 124 Å². The van der Waals surface area contributed by atoms with Gasteiger partial charge in [0, 0.05) is 18.6 Å². The Bertz CT molecular complexity index is 1290. The fraction of sp³-hybridized carbons (Fsp3) is 0.370. The number of aliphatic carboxylic acids is 1. The maximum atomic E-state index is 13.1. The lowest BCUT2D eigenvalue weighted by atomic mass is 10.1. The number of carboxylic acid groups (broad SMARTS) is 1. The molecule has 0 saturated carbocycles. The normalized spacial score (nSPS) is 17.6. The Morgan fingerprint density at radius 3 is 2.21 bits per heavy atom. The van der Waals surface area contributed by atoms with Crippen LogP contribution in [0.5, 0.6) is 5.75 Å². The van der Waals surface area contributed by atoms with Crippen molar-refractivity contribution < 1.29 is 38.4 Å². The molecule has 0 amide bonds. The molecule has 9 nitrogen and oxygen atoms in total. The van der Waals surface area contributed by atoms with Crippen LogP contribution in [0.25, 0.3) is 10.9 Å². The molecule has 3 heterocycles. The predicted molar refractivity (Wildman–Crippen MR) is 138 cm³/mol. The average Bonchev–Trinajstić information content (AvgIpc) is 3.54. The lowest BCUT2D eigenvalue weighted by molar-refractivity contribution is -0.134. The van der Waals surface area contributed by atoms with Crippen LogP contribution in [0.3, 0.4) is 0 Å². The van der Waals surface area contributed by atoms with Crippen LogP contribution in [-0.2, 0) is 25.5 Å². The number of aromatic nitrogens is 1. The maximum Gasteiger partial charge on any atom is 0.347 e. The molecule has 2 N–H and O–H groups in total.